The molecule has 1 aromatic rings. The number of hydrogen-bond donors (Lipinski definition) is 0. The van der Waals surface area contributed by atoms with Crippen molar-refractivity contribution in [3.63, 3.8) is 0 Å². The van der Waals surface area contributed by atoms with E-state index in [2.05, 4.69) is 0 Å². The second-order valence-electron chi connectivity index (χ2n) is 4.15. The number of carbonyl (C=O) groups excluding carboxylic acids is 1. The summed E-state index contributed by atoms with van der Waals surface area (Å²) < 4.78 is 5.08. The second kappa shape index (κ2) is 4.48. The Labute approximate surface area is 104 Å². The van der Waals surface area contributed by atoms with Crippen LogP contribution in [0.4, 0.5) is 0 Å². The first-order chi connectivity index (χ1) is 8.50. The molecule has 0 radical (unpaired) electrons. The number of cyclic esters (lactones) is 1. The molecule has 1 heterocycles. The molecule has 0 aromatic heterocycles. The average Bonchev–Trinajstić information content (AvgIpc) is 2.64. The van der Waals surface area contributed by atoms with Crippen LogP contribution in [-0.2, 0) is 4.74 Å². The number of esters is 1. The molecule has 1 unspecified atom stereocenters. The molecule has 0 fully saturated rings. The number of rotatable bonds is 3. The van der Waals surface area contributed by atoms with Gasteiger partial charge in [-0.3, -0.25) is 10.1 Å². The maximum absolute atomic E-state index is 11.6. The largest absolute Gasteiger partial charge is 0.442 e. The van der Waals surface area contributed by atoms with Crippen molar-refractivity contribution in [2.24, 2.45) is 0 Å². The van der Waals surface area contributed by atoms with Crippen molar-refractivity contribution in [2.75, 3.05) is 14.1 Å². The standard InChI is InChI=1S/C12H12N2O4/c1-13(2)7-10(14(16)17)11-8-5-3-4-6-9(8)12(15)18-11/h3-7,11H,1-2H3/b10-7+. The molecular formula is C12H12N2O4. The van der Waals surface area contributed by atoms with Crippen molar-refractivity contribution in [3.8, 4) is 0 Å². The third-order valence-electron chi connectivity index (χ3n) is 2.56. The lowest BCUT2D eigenvalue weighted by atomic mass is 10.0. The summed E-state index contributed by atoms with van der Waals surface area (Å²) in [5.74, 6) is -0.526. The first-order valence-corrected chi connectivity index (χ1v) is 5.33. The Morgan fingerprint density at radius 3 is 2.72 bits per heavy atom. The van der Waals surface area contributed by atoms with Gasteiger partial charge in [0.15, 0.2) is 0 Å². The number of nitrogens with zero attached hydrogens (tertiary/aromatic N) is 2. The molecule has 1 atom stereocenters. The summed E-state index contributed by atoms with van der Waals surface area (Å²) in [6.45, 7) is 0. The average molecular weight is 248 g/mol. The lowest BCUT2D eigenvalue weighted by Gasteiger charge is -2.10. The predicted octanol–water partition coefficient (Wildman–Crippen LogP) is 1.58. The van der Waals surface area contributed by atoms with Crippen LogP contribution < -0.4 is 0 Å². The van der Waals surface area contributed by atoms with E-state index in [0.717, 1.165) is 0 Å². The zero-order valence-corrected chi connectivity index (χ0v) is 9.99. The Bertz CT molecular complexity index is 537. The lowest BCUT2D eigenvalue weighted by Crippen LogP contribution is -2.15. The van der Waals surface area contributed by atoms with Gasteiger partial charge >= 0.3 is 11.7 Å². The van der Waals surface area contributed by atoms with Crippen LogP contribution in [0.5, 0.6) is 0 Å². The highest BCUT2D eigenvalue weighted by Gasteiger charge is 2.39. The molecule has 1 aliphatic heterocycles. The minimum absolute atomic E-state index is 0.154. The van der Waals surface area contributed by atoms with E-state index in [1.165, 1.54) is 6.20 Å². The van der Waals surface area contributed by atoms with Crippen LogP contribution in [0.1, 0.15) is 22.0 Å². The first kappa shape index (κ1) is 12.1. The molecule has 2 rings (SSSR count). The molecule has 0 N–H and O–H groups in total. The van der Waals surface area contributed by atoms with E-state index in [1.54, 1.807) is 43.3 Å². The molecule has 94 valence electrons. The van der Waals surface area contributed by atoms with Crippen molar-refractivity contribution in [1.82, 2.24) is 4.90 Å². The summed E-state index contributed by atoms with van der Waals surface area (Å²) in [6, 6.07) is 6.69. The quantitative estimate of drug-likeness (QED) is 0.461. The van der Waals surface area contributed by atoms with Gasteiger partial charge in [-0.05, 0) is 6.07 Å². The van der Waals surface area contributed by atoms with Gasteiger partial charge in [-0.25, -0.2) is 4.79 Å². The molecule has 6 nitrogen and oxygen atoms in total. The van der Waals surface area contributed by atoms with Crippen molar-refractivity contribution in [2.45, 2.75) is 6.10 Å². The number of fused-ring (bicyclic) bond motifs is 1. The summed E-state index contributed by atoms with van der Waals surface area (Å²) in [4.78, 5) is 23.7. The van der Waals surface area contributed by atoms with Gasteiger partial charge in [0.25, 0.3) is 0 Å². The molecule has 0 aliphatic carbocycles. The van der Waals surface area contributed by atoms with E-state index in [4.69, 9.17) is 4.74 Å². The molecular weight excluding hydrogens is 236 g/mol. The molecule has 18 heavy (non-hydrogen) atoms. The topological polar surface area (TPSA) is 72.7 Å². The number of benzene rings is 1. The minimum Gasteiger partial charge on any atom is -0.442 e. The van der Waals surface area contributed by atoms with Crippen LogP contribution in [0, 0.1) is 10.1 Å². The van der Waals surface area contributed by atoms with Gasteiger partial charge in [0.1, 0.15) is 0 Å². The van der Waals surface area contributed by atoms with Crippen LogP contribution in [0.3, 0.4) is 0 Å². The fraction of sp³-hybridized carbons (Fsp3) is 0.250. The van der Waals surface area contributed by atoms with Crippen molar-refractivity contribution >= 4 is 5.97 Å². The van der Waals surface area contributed by atoms with E-state index in [1.807, 2.05) is 0 Å². The minimum atomic E-state index is -0.939. The number of hydrogen-bond acceptors (Lipinski definition) is 5. The fourth-order valence-corrected chi connectivity index (χ4v) is 1.84. The molecule has 0 saturated carbocycles. The van der Waals surface area contributed by atoms with Gasteiger partial charge in [-0.2, -0.15) is 0 Å². The van der Waals surface area contributed by atoms with Crippen LogP contribution in [0.2, 0.25) is 0 Å². The van der Waals surface area contributed by atoms with Gasteiger partial charge < -0.3 is 9.64 Å². The summed E-state index contributed by atoms with van der Waals surface area (Å²) in [5, 5.41) is 11.1. The van der Waals surface area contributed by atoms with Crippen LogP contribution in [0.15, 0.2) is 36.2 Å². The van der Waals surface area contributed by atoms with Crippen LogP contribution >= 0.6 is 0 Å². The highest BCUT2D eigenvalue weighted by molar-refractivity contribution is 5.94. The third kappa shape index (κ3) is 2.04. The smallest absolute Gasteiger partial charge is 0.339 e. The zero-order chi connectivity index (χ0) is 13.3. The van der Waals surface area contributed by atoms with Gasteiger partial charge in [-0.15, -0.1) is 0 Å². The molecule has 0 spiro atoms. The van der Waals surface area contributed by atoms with E-state index in [9.17, 15) is 14.9 Å². The predicted molar refractivity (Wildman–Crippen MR) is 63.4 cm³/mol. The van der Waals surface area contributed by atoms with E-state index in [-0.39, 0.29) is 5.70 Å². The highest BCUT2D eigenvalue weighted by Crippen LogP contribution is 2.35. The number of ether oxygens (including phenoxy) is 1. The summed E-state index contributed by atoms with van der Waals surface area (Å²) >= 11 is 0. The summed E-state index contributed by atoms with van der Waals surface area (Å²) in [5.41, 5.74) is 0.764. The number of nitro groups is 1. The maximum Gasteiger partial charge on any atom is 0.339 e. The van der Waals surface area contributed by atoms with Crippen LogP contribution in [-0.4, -0.2) is 29.9 Å². The Kier molecular flexibility index (Phi) is 3.01. The van der Waals surface area contributed by atoms with Crippen molar-refractivity contribution in [1.29, 1.82) is 0 Å². The SMILES string of the molecule is CN(C)/C=C(\C1OC(=O)c2ccccc21)[N+](=O)[O-]. The van der Waals surface area contributed by atoms with E-state index >= 15 is 0 Å². The van der Waals surface area contributed by atoms with E-state index in [0.29, 0.717) is 11.1 Å². The molecule has 0 amide bonds. The monoisotopic (exact) mass is 248 g/mol. The zero-order valence-electron chi connectivity index (χ0n) is 9.99. The lowest BCUT2D eigenvalue weighted by molar-refractivity contribution is -0.437. The van der Waals surface area contributed by atoms with Gasteiger partial charge in [0.2, 0.25) is 6.10 Å². The fourth-order valence-electron chi connectivity index (χ4n) is 1.84. The molecule has 1 aromatic carbocycles. The van der Waals surface area contributed by atoms with Crippen molar-refractivity contribution < 1.29 is 14.5 Å². The summed E-state index contributed by atoms with van der Waals surface area (Å²) in [7, 11) is 3.35. The Hall–Kier alpha value is -2.37. The Morgan fingerprint density at radius 2 is 2.11 bits per heavy atom. The van der Waals surface area contributed by atoms with E-state index < -0.39 is 17.0 Å². The third-order valence-corrected chi connectivity index (χ3v) is 2.56. The van der Waals surface area contributed by atoms with Crippen LogP contribution in [0.25, 0.3) is 0 Å². The molecule has 6 heteroatoms. The van der Waals surface area contributed by atoms with Crippen molar-refractivity contribution in [3.05, 3.63) is 57.4 Å². The first-order valence-electron chi connectivity index (χ1n) is 5.33. The second-order valence-corrected chi connectivity index (χ2v) is 4.15. The normalized spacial score (nSPS) is 18.2. The molecule has 0 saturated heterocycles. The van der Waals surface area contributed by atoms with Gasteiger partial charge in [-0.1, -0.05) is 18.2 Å². The maximum atomic E-state index is 11.6. The Morgan fingerprint density at radius 1 is 1.44 bits per heavy atom. The summed E-state index contributed by atoms with van der Waals surface area (Å²) in [6.07, 6.45) is 0.408. The van der Waals surface area contributed by atoms with Gasteiger partial charge in [0.05, 0.1) is 16.7 Å². The number of carbonyl (C=O) groups is 1. The highest BCUT2D eigenvalue weighted by atomic mass is 16.6. The molecule has 1 aliphatic rings. The Balaban J connectivity index is 2.47. The van der Waals surface area contributed by atoms with Gasteiger partial charge in [0, 0.05) is 19.7 Å². The molecule has 0 bridgehead atoms.